The van der Waals surface area contributed by atoms with Crippen LogP contribution in [-0.4, -0.2) is 34.7 Å². The summed E-state index contributed by atoms with van der Waals surface area (Å²) in [4.78, 5) is 26.0. The van der Waals surface area contributed by atoms with Crippen molar-refractivity contribution < 1.29 is 19.4 Å². The summed E-state index contributed by atoms with van der Waals surface area (Å²) in [5.41, 5.74) is 5.24. The molecule has 0 radical (unpaired) electrons. The molecular weight excluding hydrogens is 512 g/mol. The third-order valence-electron chi connectivity index (χ3n) is 7.33. The topological polar surface area (TPSA) is 78.9 Å². The van der Waals surface area contributed by atoms with Crippen LogP contribution in [0.3, 0.4) is 0 Å². The number of hydrogen-bond donors (Lipinski definition) is 2. The molecule has 41 heavy (non-hydrogen) atoms. The number of carboxylic acid groups (broad SMARTS) is 1. The molecule has 3 aromatic carbocycles. The van der Waals surface area contributed by atoms with E-state index in [-0.39, 0.29) is 18.7 Å². The first-order valence-electron chi connectivity index (χ1n) is 14.7. The Morgan fingerprint density at radius 3 is 1.90 bits per heavy atom. The molecule has 0 atom stereocenters. The van der Waals surface area contributed by atoms with Gasteiger partial charge in [-0.3, -0.25) is 0 Å². The maximum Gasteiger partial charge on any atom is 0.341 e. The lowest BCUT2D eigenvalue weighted by Gasteiger charge is -2.28. The predicted octanol–water partition coefficient (Wildman–Crippen LogP) is 6.94. The Balaban J connectivity index is 1.41. The minimum Gasteiger partial charge on any atom is -0.482 e. The second-order valence-electron chi connectivity index (χ2n) is 10.7. The minimum atomic E-state index is -1.02. The summed E-state index contributed by atoms with van der Waals surface area (Å²) in [6, 6.07) is 23.9. The van der Waals surface area contributed by atoms with E-state index in [0.29, 0.717) is 18.8 Å². The van der Waals surface area contributed by atoms with Gasteiger partial charge in [-0.2, -0.15) is 0 Å². The van der Waals surface area contributed by atoms with Crippen molar-refractivity contribution in [2.24, 2.45) is 0 Å². The summed E-state index contributed by atoms with van der Waals surface area (Å²) in [6.45, 7) is 2.70. The third kappa shape index (κ3) is 10.0. The fourth-order valence-corrected chi connectivity index (χ4v) is 4.96. The number of urea groups is 1. The van der Waals surface area contributed by atoms with Crippen molar-refractivity contribution in [1.82, 2.24) is 10.2 Å². The van der Waals surface area contributed by atoms with Crippen molar-refractivity contribution in [1.29, 1.82) is 0 Å². The maximum atomic E-state index is 13.4. The first kappa shape index (κ1) is 29.7. The van der Waals surface area contributed by atoms with Gasteiger partial charge in [0.15, 0.2) is 6.61 Å². The van der Waals surface area contributed by atoms with Gasteiger partial charge in [0.2, 0.25) is 0 Å². The molecule has 0 bridgehead atoms. The number of amides is 2. The molecule has 4 rings (SSSR count). The summed E-state index contributed by atoms with van der Waals surface area (Å²) in [5, 5.41) is 12.1. The molecule has 6 heteroatoms. The van der Waals surface area contributed by atoms with Gasteiger partial charge >= 0.3 is 12.0 Å². The highest BCUT2D eigenvalue weighted by Gasteiger charge is 2.20. The predicted molar refractivity (Wildman–Crippen MR) is 162 cm³/mol. The van der Waals surface area contributed by atoms with E-state index >= 15 is 0 Å². The van der Waals surface area contributed by atoms with Gasteiger partial charge < -0.3 is 20.1 Å². The number of aliphatic carboxylic acids is 1. The molecule has 2 N–H and O–H groups in total. The SMILES string of the molecule is CCCCc1ccc(C#Cc2ccc(CN(Cc3ccc(OCC(=O)O)cc3)C(=O)NC3CCCCC3)cc2)cc1. The Labute approximate surface area is 243 Å². The number of unbranched alkanes of at least 4 members (excludes halogenated alkanes) is 1. The van der Waals surface area contributed by atoms with Crippen molar-refractivity contribution >= 4 is 12.0 Å². The average molecular weight is 553 g/mol. The average Bonchev–Trinajstić information content (AvgIpc) is 3.00. The molecular formula is C35H40N2O4. The number of nitrogens with zero attached hydrogens (tertiary/aromatic N) is 1. The smallest absolute Gasteiger partial charge is 0.341 e. The lowest BCUT2D eigenvalue weighted by Crippen LogP contribution is -2.44. The molecule has 1 aliphatic rings. The number of hydrogen-bond acceptors (Lipinski definition) is 3. The summed E-state index contributed by atoms with van der Waals surface area (Å²) >= 11 is 0. The van der Waals surface area contributed by atoms with Crippen molar-refractivity contribution in [2.75, 3.05) is 6.61 Å². The summed E-state index contributed by atoms with van der Waals surface area (Å²) in [5.74, 6) is 5.97. The Morgan fingerprint density at radius 1 is 0.829 bits per heavy atom. The fourth-order valence-electron chi connectivity index (χ4n) is 4.96. The molecule has 1 fully saturated rings. The van der Waals surface area contributed by atoms with Gasteiger partial charge in [0.1, 0.15) is 5.75 Å². The third-order valence-corrected chi connectivity index (χ3v) is 7.33. The van der Waals surface area contributed by atoms with E-state index in [2.05, 4.69) is 48.3 Å². The van der Waals surface area contributed by atoms with Crippen molar-refractivity contribution in [3.8, 4) is 17.6 Å². The lowest BCUT2D eigenvalue weighted by molar-refractivity contribution is -0.139. The van der Waals surface area contributed by atoms with E-state index in [1.54, 1.807) is 12.1 Å². The van der Waals surface area contributed by atoms with Crippen LogP contribution in [0.25, 0.3) is 0 Å². The van der Waals surface area contributed by atoms with E-state index in [1.807, 2.05) is 41.3 Å². The highest BCUT2D eigenvalue weighted by Crippen LogP contribution is 2.20. The molecule has 0 unspecified atom stereocenters. The normalized spacial score (nSPS) is 13.1. The van der Waals surface area contributed by atoms with Gasteiger partial charge in [-0.1, -0.05) is 80.8 Å². The van der Waals surface area contributed by atoms with E-state index in [4.69, 9.17) is 9.84 Å². The second-order valence-corrected chi connectivity index (χ2v) is 10.7. The Morgan fingerprint density at radius 2 is 1.37 bits per heavy atom. The molecule has 1 saturated carbocycles. The quantitative estimate of drug-likeness (QED) is 0.253. The number of carbonyl (C=O) groups is 2. The molecule has 0 spiro atoms. The van der Waals surface area contributed by atoms with Crippen LogP contribution in [-0.2, 0) is 24.3 Å². The Kier molecular flexibility index (Phi) is 11.3. The number of benzene rings is 3. The monoisotopic (exact) mass is 552 g/mol. The van der Waals surface area contributed by atoms with Crippen LogP contribution in [0.5, 0.6) is 5.75 Å². The fraction of sp³-hybridized carbons (Fsp3) is 0.371. The van der Waals surface area contributed by atoms with Crippen LogP contribution in [0.2, 0.25) is 0 Å². The standard InChI is InChI=1S/C35H40N2O4/c1-2-3-7-27-10-12-28(13-11-27)14-15-29-16-18-30(19-17-29)24-37(35(40)36-32-8-5-4-6-9-32)25-31-20-22-33(23-21-31)41-26-34(38)39/h10-13,16-23,32H,2-9,24-26H2,1H3,(H,36,40)(H,38,39). The number of nitrogens with one attached hydrogen (secondary N) is 1. The molecule has 1 aliphatic carbocycles. The summed E-state index contributed by atoms with van der Waals surface area (Å²) in [7, 11) is 0. The van der Waals surface area contributed by atoms with Gasteiger partial charge in [-0.15, -0.1) is 0 Å². The van der Waals surface area contributed by atoms with Crippen LogP contribution in [0.1, 0.15) is 79.7 Å². The maximum absolute atomic E-state index is 13.4. The molecule has 0 saturated heterocycles. The van der Waals surface area contributed by atoms with Crippen LogP contribution in [0, 0.1) is 11.8 Å². The minimum absolute atomic E-state index is 0.0747. The highest BCUT2D eigenvalue weighted by molar-refractivity contribution is 5.74. The van der Waals surface area contributed by atoms with Gasteiger partial charge in [0.25, 0.3) is 0 Å². The Hall–Kier alpha value is -4.24. The largest absolute Gasteiger partial charge is 0.482 e. The van der Waals surface area contributed by atoms with Crippen LogP contribution in [0.4, 0.5) is 4.79 Å². The molecule has 0 aliphatic heterocycles. The first-order valence-corrected chi connectivity index (χ1v) is 14.7. The zero-order valence-corrected chi connectivity index (χ0v) is 23.9. The first-order chi connectivity index (χ1) is 20.0. The molecule has 2 amide bonds. The van der Waals surface area contributed by atoms with E-state index < -0.39 is 5.97 Å². The van der Waals surface area contributed by atoms with Crippen molar-refractivity contribution in [3.05, 3.63) is 101 Å². The number of carbonyl (C=O) groups excluding carboxylic acids is 1. The lowest BCUT2D eigenvalue weighted by atomic mass is 9.96. The summed E-state index contributed by atoms with van der Waals surface area (Å²) in [6.07, 6.45) is 9.06. The van der Waals surface area contributed by atoms with E-state index in [1.165, 1.54) is 24.8 Å². The highest BCUT2D eigenvalue weighted by atomic mass is 16.5. The van der Waals surface area contributed by atoms with Gasteiger partial charge in [-0.05, 0) is 78.8 Å². The number of ether oxygens (including phenoxy) is 1. The van der Waals surface area contributed by atoms with E-state index in [9.17, 15) is 9.59 Å². The van der Waals surface area contributed by atoms with Crippen molar-refractivity contribution in [3.63, 3.8) is 0 Å². The Bertz CT molecular complexity index is 1320. The van der Waals surface area contributed by atoms with Crippen molar-refractivity contribution in [2.45, 2.75) is 77.4 Å². The van der Waals surface area contributed by atoms with Crippen LogP contribution < -0.4 is 10.1 Å². The molecule has 0 aromatic heterocycles. The van der Waals surface area contributed by atoms with Gasteiger partial charge in [0.05, 0.1) is 0 Å². The summed E-state index contributed by atoms with van der Waals surface area (Å²) < 4.78 is 5.25. The number of carboxylic acids is 1. The second kappa shape index (κ2) is 15.5. The molecule has 6 nitrogen and oxygen atoms in total. The van der Waals surface area contributed by atoms with Crippen LogP contribution in [0.15, 0.2) is 72.8 Å². The van der Waals surface area contributed by atoms with Gasteiger partial charge in [-0.25, -0.2) is 9.59 Å². The van der Waals surface area contributed by atoms with Crippen LogP contribution >= 0.6 is 0 Å². The molecule has 3 aromatic rings. The van der Waals surface area contributed by atoms with E-state index in [0.717, 1.165) is 54.4 Å². The van der Waals surface area contributed by atoms with Gasteiger partial charge in [0, 0.05) is 30.3 Å². The zero-order chi connectivity index (χ0) is 28.9. The number of rotatable bonds is 11. The number of aryl methyl sites for hydroxylation is 1. The molecule has 0 heterocycles. The zero-order valence-electron chi connectivity index (χ0n) is 23.9. The molecule has 214 valence electrons.